The predicted octanol–water partition coefficient (Wildman–Crippen LogP) is 4.10. The average molecular weight is 432 g/mol. The summed E-state index contributed by atoms with van der Waals surface area (Å²) in [6.07, 6.45) is 0. The third-order valence-corrected chi connectivity index (χ3v) is 5.32. The molecule has 0 radical (unpaired) electrons. The average Bonchev–Trinajstić information content (AvgIpc) is 2.69. The number of carbonyl (C=O) groups excluding carboxylic acids is 1. The molecule has 0 fully saturated rings. The van der Waals surface area contributed by atoms with E-state index in [0.29, 0.717) is 38.6 Å². The van der Waals surface area contributed by atoms with Crippen LogP contribution in [0, 0.1) is 6.92 Å². The van der Waals surface area contributed by atoms with Crippen molar-refractivity contribution in [1.29, 1.82) is 0 Å². The Morgan fingerprint density at radius 2 is 1.90 bits per heavy atom. The van der Waals surface area contributed by atoms with Gasteiger partial charge in [-0.05, 0) is 62.0 Å². The highest BCUT2D eigenvalue weighted by atomic mass is 35.5. The Hall–Kier alpha value is -2.77. The number of methoxy groups -OCH3 is 2. The van der Waals surface area contributed by atoms with Crippen LogP contribution in [0.2, 0.25) is 5.02 Å². The molecular weight excluding hydrogens is 410 g/mol. The van der Waals surface area contributed by atoms with Gasteiger partial charge in [0.1, 0.15) is 11.5 Å². The molecule has 1 aliphatic heterocycles. The standard InChI is InChI=1S/C21H22ClN3O3S/c1-11-5-6-13(9-16(11)22)24-20(26)18-12(2)23-21(29)25-19(18)15-10-14(27-3)7-8-17(15)28-4/h5-10,19H,1-4H3,(H,24,26)(H2,23,25,29)/t19-/m1/s1. The molecule has 8 heteroatoms. The van der Waals surface area contributed by atoms with Crippen LogP contribution in [0.5, 0.6) is 11.5 Å². The Morgan fingerprint density at radius 1 is 1.14 bits per heavy atom. The number of benzene rings is 2. The molecule has 0 saturated carbocycles. The summed E-state index contributed by atoms with van der Waals surface area (Å²) in [6, 6.07) is 10.3. The van der Waals surface area contributed by atoms with Gasteiger partial charge in [0, 0.05) is 22.0 Å². The molecular formula is C21H22ClN3O3S. The van der Waals surface area contributed by atoms with Crippen LogP contribution in [0.4, 0.5) is 5.69 Å². The number of hydrogen-bond donors (Lipinski definition) is 3. The number of anilines is 1. The van der Waals surface area contributed by atoms with Gasteiger partial charge < -0.3 is 25.4 Å². The molecule has 6 nitrogen and oxygen atoms in total. The van der Waals surface area contributed by atoms with E-state index in [1.54, 1.807) is 32.4 Å². The molecule has 3 rings (SSSR count). The van der Waals surface area contributed by atoms with Gasteiger partial charge in [-0.15, -0.1) is 0 Å². The van der Waals surface area contributed by atoms with Crippen LogP contribution < -0.4 is 25.4 Å². The Labute approximate surface area is 180 Å². The first-order valence-corrected chi connectivity index (χ1v) is 9.70. The minimum atomic E-state index is -0.519. The second kappa shape index (κ2) is 8.71. The lowest BCUT2D eigenvalue weighted by atomic mass is 9.94. The zero-order valence-corrected chi connectivity index (χ0v) is 18.1. The van der Waals surface area contributed by atoms with Gasteiger partial charge in [0.15, 0.2) is 5.11 Å². The van der Waals surface area contributed by atoms with E-state index in [1.165, 1.54) is 0 Å². The first-order chi connectivity index (χ1) is 13.8. The molecule has 2 aromatic carbocycles. The van der Waals surface area contributed by atoms with E-state index in [9.17, 15) is 4.79 Å². The SMILES string of the molecule is COc1ccc(OC)c([C@H]2NC(=S)NC(C)=C2C(=O)Nc2ccc(C)c(Cl)c2)c1. The van der Waals surface area contributed by atoms with Crippen LogP contribution in [0.3, 0.4) is 0 Å². The molecule has 2 aromatic rings. The Kier molecular flexibility index (Phi) is 6.30. The molecule has 152 valence electrons. The minimum absolute atomic E-state index is 0.278. The first-order valence-electron chi connectivity index (χ1n) is 8.91. The zero-order valence-electron chi connectivity index (χ0n) is 16.6. The van der Waals surface area contributed by atoms with Crippen molar-refractivity contribution in [2.75, 3.05) is 19.5 Å². The van der Waals surface area contributed by atoms with Gasteiger partial charge in [-0.25, -0.2) is 0 Å². The summed E-state index contributed by atoms with van der Waals surface area (Å²) in [5.74, 6) is 0.985. The van der Waals surface area contributed by atoms with Crippen LogP contribution in [0.1, 0.15) is 24.1 Å². The van der Waals surface area contributed by atoms with Crippen molar-refractivity contribution in [1.82, 2.24) is 10.6 Å². The summed E-state index contributed by atoms with van der Waals surface area (Å²) < 4.78 is 10.9. The van der Waals surface area contributed by atoms with Gasteiger partial charge in [0.05, 0.1) is 25.8 Å². The van der Waals surface area contributed by atoms with Gasteiger partial charge in [-0.3, -0.25) is 4.79 Å². The summed E-state index contributed by atoms with van der Waals surface area (Å²) >= 11 is 11.5. The number of ether oxygens (including phenoxy) is 2. The van der Waals surface area contributed by atoms with Crippen LogP contribution in [-0.4, -0.2) is 25.2 Å². The molecule has 0 bridgehead atoms. The van der Waals surface area contributed by atoms with E-state index >= 15 is 0 Å². The molecule has 0 aromatic heterocycles. The maximum atomic E-state index is 13.2. The van der Waals surface area contributed by atoms with Crippen LogP contribution >= 0.6 is 23.8 Å². The van der Waals surface area contributed by atoms with Gasteiger partial charge in [0.25, 0.3) is 5.91 Å². The molecule has 29 heavy (non-hydrogen) atoms. The monoisotopic (exact) mass is 431 g/mol. The second-order valence-corrected chi connectivity index (χ2v) is 7.41. The largest absolute Gasteiger partial charge is 0.497 e. The lowest BCUT2D eigenvalue weighted by molar-refractivity contribution is -0.113. The third kappa shape index (κ3) is 4.46. The molecule has 1 aliphatic rings. The van der Waals surface area contributed by atoms with Gasteiger partial charge in [-0.1, -0.05) is 17.7 Å². The number of allylic oxidation sites excluding steroid dienone is 1. The molecule has 0 unspecified atom stereocenters. The third-order valence-electron chi connectivity index (χ3n) is 4.69. The normalized spacial score (nSPS) is 16.0. The van der Waals surface area contributed by atoms with Crippen molar-refractivity contribution < 1.29 is 14.3 Å². The van der Waals surface area contributed by atoms with E-state index in [-0.39, 0.29) is 5.91 Å². The van der Waals surface area contributed by atoms with Crippen molar-refractivity contribution in [3.63, 3.8) is 0 Å². The Bertz CT molecular complexity index is 1010. The van der Waals surface area contributed by atoms with Crippen molar-refractivity contribution in [2.24, 2.45) is 0 Å². The summed E-state index contributed by atoms with van der Waals surface area (Å²) in [5, 5.41) is 10.1. The maximum absolute atomic E-state index is 13.2. The number of amides is 1. The topological polar surface area (TPSA) is 71.6 Å². The summed E-state index contributed by atoms with van der Waals surface area (Å²) in [6.45, 7) is 3.71. The van der Waals surface area contributed by atoms with Crippen LogP contribution in [0.15, 0.2) is 47.7 Å². The van der Waals surface area contributed by atoms with Crippen LogP contribution in [0.25, 0.3) is 0 Å². The smallest absolute Gasteiger partial charge is 0.255 e. The molecule has 0 aliphatic carbocycles. The molecule has 1 atom stereocenters. The highest BCUT2D eigenvalue weighted by molar-refractivity contribution is 7.80. The van der Waals surface area contributed by atoms with E-state index in [4.69, 9.17) is 33.3 Å². The fourth-order valence-corrected chi connectivity index (χ4v) is 3.61. The minimum Gasteiger partial charge on any atom is -0.497 e. The van der Waals surface area contributed by atoms with E-state index in [0.717, 1.165) is 11.1 Å². The molecule has 0 saturated heterocycles. The van der Waals surface area contributed by atoms with E-state index in [2.05, 4.69) is 16.0 Å². The van der Waals surface area contributed by atoms with Crippen molar-refractivity contribution in [3.05, 3.63) is 63.8 Å². The van der Waals surface area contributed by atoms with Crippen molar-refractivity contribution in [3.8, 4) is 11.5 Å². The number of carbonyl (C=O) groups is 1. The van der Waals surface area contributed by atoms with Gasteiger partial charge in [-0.2, -0.15) is 0 Å². The summed E-state index contributed by atoms with van der Waals surface area (Å²) in [7, 11) is 3.16. The van der Waals surface area contributed by atoms with Crippen molar-refractivity contribution >= 4 is 40.5 Å². The Morgan fingerprint density at radius 3 is 2.55 bits per heavy atom. The lowest BCUT2D eigenvalue weighted by Gasteiger charge is -2.31. The molecule has 1 heterocycles. The number of halogens is 1. The molecule has 0 spiro atoms. The fourth-order valence-electron chi connectivity index (χ4n) is 3.16. The zero-order chi connectivity index (χ0) is 21.1. The fraction of sp³-hybridized carbons (Fsp3) is 0.238. The number of thiocarbonyl (C=S) groups is 1. The second-order valence-electron chi connectivity index (χ2n) is 6.60. The van der Waals surface area contributed by atoms with Gasteiger partial charge in [0.2, 0.25) is 0 Å². The lowest BCUT2D eigenvalue weighted by Crippen LogP contribution is -2.45. The Balaban J connectivity index is 2.02. The first kappa shape index (κ1) is 21.0. The number of rotatable bonds is 5. The number of nitrogens with one attached hydrogen (secondary N) is 3. The molecule has 3 N–H and O–H groups in total. The molecule has 1 amide bonds. The van der Waals surface area contributed by atoms with Crippen LogP contribution in [-0.2, 0) is 4.79 Å². The van der Waals surface area contributed by atoms with Gasteiger partial charge >= 0.3 is 0 Å². The highest BCUT2D eigenvalue weighted by Gasteiger charge is 2.32. The quantitative estimate of drug-likeness (QED) is 0.619. The van der Waals surface area contributed by atoms with Crippen molar-refractivity contribution in [2.45, 2.75) is 19.9 Å². The maximum Gasteiger partial charge on any atom is 0.255 e. The predicted molar refractivity (Wildman–Crippen MR) is 119 cm³/mol. The summed E-state index contributed by atoms with van der Waals surface area (Å²) in [4.78, 5) is 13.2. The van der Waals surface area contributed by atoms with E-state index < -0.39 is 6.04 Å². The number of aryl methyl sites for hydroxylation is 1. The number of hydrogen-bond acceptors (Lipinski definition) is 4. The summed E-state index contributed by atoms with van der Waals surface area (Å²) in [5.41, 5.74) is 3.42. The van der Waals surface area contributed by atoms with E-state index in [1.807, 2.05) is 32.0 Å². The highest BCUT2D eigenvalue weighted by Crippen LogP contribution is 2.36.